The van der Waals surface area contributed by atoms with Gasteiger partial charge in [0.15, 0.2) is 0 Å². The molecule has 3 rings (SSSR count). The molecule has 0 fully saturated rings. The molecule has 0 saturated heterocycles. The van der Waals surface area contributed by atoms with Crippen molar-refractivity contribution in [2.24, 2.45) is 5.73 Å². The van der Waals surface area contributed by atoms with E-state index >= 15 is 0 Å². The highest BCUT2D eigenvalue weighted by atomic mass is 35.5. The molecule has 0 spiro atoms. The molecular formula is C20H25ClN2O3. The number of carbonyl (C=O) groups is 1. The van der Waals surface area contributed by atoms with Crippen molar-refractivity contribution in [3.05, 3.63) is 53.6 Å². The second-order valence-corrected chi connectivity index (χ2v) is 6.25. The largest absolute Gasteiger partial charge is 0.493 e. The van der Waals surface area contributed by atoms with Crippen molar-refractivity contribution in [1.82, 2.24) is 5.32 Å². The van der Waals surface area contributed by atoms with Crippen LogP contribution in [0.15, 0.2) is 42.5 Å². The Labute approximate surface area is 160 Å². The molecule has 0 aromatic heterocycles. The fourth-order valence-electron chi connectivity index (χ4n) is 2.93. The molecule has 3 N–H and O–H groups in total. The number of rotatable bonds is 6. The molecule has 2 aromatic rings. The van der Waals surface area contributed by atoms with Gasteiger partial charge in [-0.15, -0.1) is 12.4 Å². The van der Waals surface area contributed by atoms with Crippen molar-refractivity contribution in [3.63, 3.8) is 0 Å². The fourth-order valence-corrected chi connectivity index (χ4v) is 2.93. The van der Waals surface area contributed by atoms with E-state index in [2.05, 4.69) is 35.6 Å². The van der Waals surface area contributed by atoms with Crippen LogP contribution in [0.2, 0.25) is 0 Å². The lowest BCUT2D eigenvalue weighted by molar-refractivity contribution is -0.123. The summed E-state index contributed by atoms with van der Waals surface area (Å²) in [5, 5.41) is 2.82. The molecule has 0 aliphatic carbocycles. The van der Waals surface area contributed by atoms with Crippen LogP contribution in [0.3, 0.4) is 0 Å². The summed E-state index contributed by atoms with van der Waals surface area (Å²) < 4.78 is 10.6. The molecule has 1 aliphatic rings. The standard InChI is InChI=1S/C20H24N2O3.ClH/c1-24-13-18(21)20(23)22-12-14-4-6-15(7-5-14)16-8-9-19-17(11-16)3-2-10-25-19;/h4-9,11,18H,2-3,10,12-13,21H2,1H3,(H,22,23);1H. The zero-order valence-electron chi connectivity index (χ0n) is 14.9. The minimum absolute atomic E-state index is 0. The zero-order valence-corrected chi connectivity index (χ0v) is 15.7. The zero-order chi connectivity index (χ0) is 17.6. The minimum Gasteiger partial charge on any atom is -0.493 e. The predicted molar refractivity (Wildman–Crippen MR) is 105 cm³/mol. The van der Waals surface area contributed by atoms with E-state index in [-0.39, 0.29) is 24.9 Å². The van der Waals surface area contributed by atoms with Crippen LogP contribution in [-0.2, 0) is 22.5 Å². The first kappa shape index (κ1) is 20.2. The van der Waals surface area contributed by atoms with Gasteiger partial charge in [0.25, 0.3) is 0 Å². The van der Waals surface area contributed by atoms with E-state index in [0.29, 0.717) is 6.54 Å². The Morgan fingerprint density at radius 3 is 2.69 bits per heavy atom. The van der Waals surface area contributed by atoms with Crippen LogP contribution in [0.25, 0.3) is 11.1 Å². The number of nitrogens with one attached hydrogen (secondary N) is 1. The maximum Gasteiger partial charge on any atom is 0.239 e. The van der Waals surface area contributed by atoms with Gasteiger partial charge in [-0.3, -0.25) is 4.79 Å². The molecule has 5 nitrogen and oxygen atoms in total. The van der Waals surface area contributed by atoms with Gasteiger partial charge in [-0.2, -0.15) is 0 Å². The molecule has 140 valence electrons. The molecule has 2 aromatic carbocycles. The summed E-state index contributed by atoms with van der Waals surface area (Å²) in [6.07, 6.45) is 2.13. The third kappa shape index (κ3) is 4.97. The van der Waals surface area contributed by atoms with Crippen molar-refractivity contribution in [2.45, 2.75) is 25.4 Å². The number of carbonyl (C=O) groups excluding carboxylic acids is 1. The summed E-state index contributed by atoms with van der Waals surface area (Å²) in [5.74, 6) is 0.794. The summed E-state index contributed by atoms with van der Waals surface area (Å²) in [6.45, 7) is 1.47. The number of methoxy groups -OCH3 is 1. The Balaban J connectivity index is 0.00000243. The highest BCUT2D eigenvalue weighted by Gasteiger charge is 2.13. The third-order valence-electron chi connectivity index (χ3n) is 4.35. The highest BCUT2D eigenvalue weighted by molar-refractivity contribution is 5.85. The summed E-state index contributed by atoms with van der Waals surface area (Å²) in [7, 11) is 1.53. The topological polar surface area (TPSA) is 73.6 Å². The maximum absolute atomic E-state index is 11.8. The minimum atomic E-state index is -0.637. The van der Waals surface area contributed by atoms with Crippen molar-refractivity contribution < 1.29 is 14.3 Å². The number of ether oxygens (including phenoxy) is 2. The van der Waals surface area contributed by atoms with E-state index in [0.717, 1.165) is 36.3 Å². The third-order valence-corrected chi connectivity index (χ3v) is 4.35. The summed E-state index contributed by atoms with van der Waals surface area (Å²) >= 11 is 0. The number of hydrogen-bond acceptors (Lipinski definition) is 4. The quantitative estimate of drug-likeness (QED) is 0.812. The molecule has 0 radical (unpaired) electrons. The Bertz CT molecular complexity index is 734. The molecular weight excluding hydrogens is 352 g/mol. The van der Waals surface area contributed by atoms with Gasteiger partial charge in [0.1, 0.15) is 11.8 Å². The number of benzene rings is 2. The molecule has 1 amide bonds. The number of aryl methyl sites for hydroxylation is 1. The lowest BCUT2D eigenvalue weighted by Crippen LogP contribution is -2.43. The number of nitrogens with two attached hydrogens (primary N) is 1. The first-order valence-corrected chi connectivity index (χ1v) is 8.54. The van der Waals surface area contributed by atoms with Crippen LogP contribution in [0.1, 0.15) is 17.5 Å². The van der Waals surface area contributed by atoms with Crippen molar-refractivity contribution in [1.29, 1.82) is 0 Å². The van der Waals surface area contributed by atoms with Gasteiger partial charge >= 0.3 is 0 Å². The lowest BCUT2D eigenvalue weighted by atomic mass is 9.98. The number of amides is 1. The summed E-state index contributed by atoms with van der Waals surface area (Å²) in [5.41, 5.74) is 10.3. The Hall–Kier alpha value is -2.08. The molecule has 1 aliphatic heterocycles. The number of hydrogen-bond donors (Lipinski definition) is 2. The van der Waals surface area contributed by atoms with E-state index < -0.39 is 6.04 Å². The fraction of sp³-hybridized carbons (Fsp3) is 0.350. The van der Waals surface area contributed by atoms with Crippen LogP contribution in [0, 0.1) is 0 Å². The van der Waals surface area contributed by atoms with Gasteiger partial charge in [0, 0.05) is 13.7 Å². The molecule has 1 unspecified atom stereocenters. The number of fused-ring (bicyclic) bond motifs is 1. The van der Waals surface area contributed by atoms with E-state index in [9.17, 15) is 4.79 Å². The van der Waals surface area contributed by atoms with E-state index in [1.807, 2.05) is 12.1 Å². The average molecular weight is 377 g/mol. The molecule has 0 saturated carbocycles. The van der Waals surface area contributed by atoms with E-state index in [1.54, 1.807) is 0 Å². The Morgan fingerprint density at radius 2 is 1.96 bits per heavy atom. The number of halogens is 1. The molecule has 1 atom stereocenters. The van der Waals surface area contributed by atoms with E-state index in [1.165, 1.54) is 18.2 Å². The van der Waals surface area contributed by atoms with Gasteiger partial charge in [-0.25, -0.2) is 0 Å². The normalized spacial score (nSPS) is 13.8. The van der Waals surface area contributed by atoms with Gasteiger partial charge in [-0.05, 0) is 47.2 Å². The predicted octanol–water partition coefficient (Wildman–Crippen LogP) is 2.69. The van der Waals surface area contributed by atoms with Gasteiger partial charge in [0.05, 0.1) is 13.2 Å². The smallest absolute Gasteiger partial charge is 0.239 e. The molecule has 0 bridgehead atoms. The van der Waals surface area contributed by atoms with Crippen molar-refractivity contribution in [2.75, 3.05) is 20.3 Å². The van der Waals surface area contributed by atoms with Gasteiger partial charge in [-0.1, -0.05) is 30.3 Å². The Morgan fingerprint density at radius 1 is 1.23 bits per heavy atom. The van der Waals surface area contributed by atoms with Gasteiger partial charge in [0.2, 0.25) is 5.91 Å². The molecule has 26 heavy (non-hydrogen) atoms. The van der Waals surface area contributed by atoms with Crippen LogP contribution in [0.5, 0.6) is 5.75 Å². The van der Waals surface area contributed by atoms with Crippen LogP contribution in [-0.4, -0.2) is 32.3 Å². The van der Waals surface area contributed by atoms with Gasteiger partial charge < -0.3 is 20.5 Å². The molecule has 6 heteroatoms. The Kier molecular flexibility index (Phi) is 7.45. The van der Waals surface area contributed by atoms with E-state index in [4.69, 9.17) is 15.2 Å². The van der Waals surface area contributed by atoms with Crippen LogP contribution in [0.4, 0.5) is 0 Å². The average Bonchev–Trinajstić information content (AvgIpc) is 2.66. The van der Waals surface area contributed by atoms with Crippen LogP contribution >= 0.6 is 12.4 Å². The highest BCUT2D eigenvalue weighted by Crippen LogP contribution is 2.30. The molecule has 1 heterocycles. The first-order valence-electron chi connectivity index (χ1n) is 8.54. The lowest BCUT2D eigenvalue weighted by Gasteiger charge is -2.18. The van der Waals surface area contributed by atoms with Crippen molar-refractivity contribution >= 4 is 18.3 Å². The second kappa shape index (κ2) is 9.57. The second-order valence-electron chi connectivity index (χ2n) is 6.25. The van der Waals surface area contributed by atoms with Crippen LogP contribution < -0.4 is 15.8 Å². The summed E-state index contributed by atoms with van der Waals surface area (Å²) in [6, 6.07) is 13.9. The summed E-state index contributed by atoms with van der Waals surface area (Å²) in [4.78, 5) is 11.8. The van der Waals surface area contributed by atoms with Crippen molar-refractivity contribution in [3.8, 4) is 16.9 Å². The maximum atomic E-state index is 11.8. The first-order chi connectivity index (χ1) is 12.2. The SMILES string of the molecule is COCC(N)C(=O)NCc1ccc(-c2ccc3c(c2)CCCO3)cc1.Cl. The monoisotopic (exact) mass is 376 g/mol.